The van der Waals surface area contributed by atoms with Gasteiger partial charge < -0.3 is 9.64 Å². The number of hydrogen-bond donors (Lipinski definition) is 0. The van der Waals surface area contributed by atoms with Crippen LogP contribution in [0.15, 0.2) is 30.6 Å². The fourth-order valence-electron chi connectivity index (χ4n) is 4.01. The fourth-order valence-corrected chi connectivity index (χ4v) is 4.87. The third-order valence-electron chi connectivity index (χ3n) is 5.92. The second-order valence-electron chi connectivity index (χ2n) is 8.29. The van der Waals surface area contributed by atoms with Gasteiger partial charge in [0.1, 0.15) is 5.52 Å². The Labute approximate surface area is 192 Å². The maximum absolute atomic E-state index is 12.5. The first kappa shape index (κ1) is 23.1. The van der Waals surface area contributed by atoms with Gasteiger partial charge in [0.2, 0.25) is 16.0 Å². The van der Waals surface area contributed by atoms with E-state index in [1.165, 1.54) is 25.8 Å². The highest BCUT2D eigenvalue weighted by molar-refractivity contribution is 7.88. The first-order valence-electron chi connectivity index (χ1n) is 10.6. The molecule has 0 bridgehead atoms. The van der Waals surface area contributed by atoms with Crippen LogP contribution in [0.2, 0.25) is 0 Å². The summed E-state index contributed by atoms with van der Waals surface area (Å²) in [5, 5.41) is 8.08. The number of sulfonamides is 1. The molecule has 11 nitrogen and oxygen atoms in total. The summed E-state index contributed by atoms with van der Waals surface area (Å²) >= 11 is 0. The van der Waals surface area contributed by atoms with E-state index in [1.54, 1.807) is 8.99 Å². The fraction of sp³-hybridized carbons (Fsp3) is 0.476. The van der Waals surface area contributed by atoms with Crippen molar-refractivity contribution in [3.05, 3.63) is 41.7 Å². The minimum absolute atomic E-state index is 0.229. The summed E-state index contributed by atoms with van der Waals surface area (Å²) in [6, 6.07) is 5.70. The minimum atomic E-state index is -3.38. The third-order valence-corrected chi connectivity index (χ3v) is 7.14. The molecule has 1 saturated heterocycles. The molecule has 1 aromatic carbocycles. The van der Waals surface area contributed by atoms with Crippen LogP contribution in [-0.2, 0) is 28.4 Å². The number of aromatic nitrogens is 5. The molecule has 12 heteroatoms. The Morgan fingerprint density at radius 3 is 2.55 bits per heavy atom. The van der Waals surface area contributed by atoms with Crippen molar-refractivity contribution in [1.82, 2.24) is 29.3 Å². The van der Waals surface area contributed by atoms with Gasteiger partial charge in [-0.25, -0.2) is 27.9 Å². The molecule has 2 aromatic heterocycles. The Bertz CT molecular complexity index is 1240. The van der Waals surface area contributed by atoms with Crippen LogP contribution in [0.3, 0.4) is 0 Å². The molecule has 1 aliphatic heterocycles. The van der Waals surface area contributed by atoms with Crippen molar-refractivity contribution in [2.75, 3.05) is 37.9 Å². The van der Waals surface area contributed by atoms with Crippen molar-refractivity contribution >= 4 is 33.0 Å². The number of anilines is 1. The largest absolute Gasteiger partial charge is 0.465 e. The standard InChI is InChI=1S/C21H27N7O4S/c1-26-19-10-16(4-5-18(19)24-25-26)14-28(33(3,30)31)13-15-6-8-27(9-7-15)21-22-11-17(12-23-21)20(29)32-2/h4-5,10-12,15H,6-9,13-14H2,1-3H3. The minimum Gasteiger partial charge on any atom is -0.465 e. The van der Waals surface area contributed by atoms with Crippen molar-refractivity contribution in [3.8, 4) is 0 Å². The Morgan fingerprint density at radius 1 is 1.21 bits per heavy atom. The van der Waals surface area contributed by atoms with Crippen LogP contribution in [0.1, 0.15) is 28.8 Å². The molecule has 0 radical (unpaired) electrons. The lowest BCUT2D eigenvalue weighted by Gasteiger charge is -2.34. The summed E-state index contributed by atoms with van der Waals surface area (Å²) in [6.07, 6.45) is 5.81. The van der Waals surface area contributed by atoms with Gasteiger partial charge in [-0.15, -0.1) is 5.10 Å². The van der Waals surface area contributed by atoms with E-state index in [1.807, 2.05) is 30.1 Å². The topological polar surface area (TPSA) is 123 Å². The monoisotopic (exact) mass is 473 g/mol. The first-order chi connectivity index (χ1) is 15.7. The molecule has 0 saturated carbocycles. The van der Waals surface area contributed by atoms with Gasteiger partial charge in [-0.1, -0.05) is 11.3 Å². The second-order valence-corrected chi connectivity index (χ2v) is 10.3. The Hall–Kier alpha value is -3.12. The highest BCUT2D eigenvalue weighted by Crippen LogP contribution is 2.24. The third kappa shape index (κ3) is 5.28. The van der Waals surface area contributed by atoms with Gasteiger partial charge >= 0.3 is 5.97 Å². The number of carbonyl (C=O) groups is 1. The number of ether oxygens (including phenoxy) is 1. The summed E-state index contributed by atoms with van der Waals surface area (Å²) in [4.78, 5) is 22.1. The van der Waals surface area contributed by atoms with Crippen molar-refractivity contribution in [1.29, 1.82) is 0 Å². The zero-order valence-corrected chi connectivity index (χ0v) is 19.7. The molecule has 176 valence electrons. The van der Waals surface area contributed by atoms with Gasteiger partial charge in [0.05, 0.1) is 24.4 Å². The SMILES string of the molecule is COC(=O)c1cnc(N2CCC(CN(Cc3ccc4nnn(C)c4c3)S(C)(=O)=O)CC2)nc1. The normalized spacial score (nSPS) is 15.3. The lowest BCUT2D eigenvalue weighted by Crippen LogP contribution is -2.41. The van der Waals surface area contributed by atoms with Gasteiger partial charge in [-0.3, -0.25) is 0 Å². The Balaban J connectivity index is 1.39. The van der Waals surface area contributed by atoms with E-state index >= 15 is 0 Å². The number of carbonyl (C=O) groups excluding carboxylic acids is 1. The molecule has 4 rings (SSSR count). The van der Waals surface area contributed by atoms with Crippen molar-refractivity contribution in [2.24, 2.45) is 13.0 Å². The molecule has 33 heavy (non-hydrogen) atoms. The van der Waals surface area contributed by atoms with Gasteiger partial charge in [-0.05, 0) is 36.5 Å². The number of rotatable bonds is 7. The van der Waals surface area contributed by atoms with Crippen LogP contribution in [-0.4, -0.2) is 76.7 Å². The summed E-state index contributed by atoms with van der Waals surface area (Å²) in [6.45, 7) is 2.19. The molecular formula is C21H27N7O4S. The Kier molecular flexibility index (Phi) is 6.56. The van der Waals surface area contributed by atoms with E-state index < -0.39 is 16.0 Å². The highest BCUT2D eigenvalue weighted by Gasteiger charge is 2.27. The van der Waals surface area contributed by atoms with Crippen LogP contribution in [0.5, 0.6) is 0 Å². The summed E-state index contributed by atoms with van der Waals surface area (Å²) in [5.41, 5.74) is 2.85. The average Bonchev–Trinajstić information content (AvgIpc) is 3.18. The van der Waals surface area contributed by atoms with E-state index in [9.17, 15) is 13.2 Å². The summed E-state index contributed by atoms with van der Waals surface area (Å²) in [5.74, 6) is 0.312. The number of methoxy groups -OCH3 is 1. The van der Waals surface area contributed by atoms with E-state index in [0.717, 1.165) is 29.4 Å². The lowest BCUT2D eigenvalue weighted by atomic mass is 9.97. The lowest BCUT2D eigenvalue weighted by molar-refractivity contribution is 0.0599. The molecule has 1 fully saturated rings. The van der Waals surface area contributed by atoms with Crippen LogP contribution >= 0.6 is 0 Å². The molecular weight excluding hydrogens is 446 g/mol. The summed E-state index contributed by atoms with van der Waals surface area (Å²) < 4.78 is 32.9. The van der Waals surface area contributed by atoms with E-state index in [2.05, 4.69) is 25.0 Å². The van der Waals surface area contributed by atoms with Gasteiger partial charge in [0, 0.05) is 45.6 Å². The van der Waals surface area contributed by atoms with Crippen LogP contribution < -0.4 is 4.90 Å². The van der Waals surface area contributed by atoms with E-state index in [0.29, 0.717) is 37.7 Å². The molecule has 0 amide bonds. The average molecular weight is 474 g/mol. The molecule has 3 heterocycles. The maximum atomic E-state index is 12.5. The number of nitrogens with zero attached hydrogens (tertiary/aromatic N) is 7. The van der Waals surface area contributed by atoms with Crippen molar-refractivity contribution < 1.29 is 17.9 Å². The maximum Gasteiger partial charge on any atom is 0.341 e. The molecule has 3 aromatic rings. The number of fused-ring (bicyclic) bond motifs is 1. The van der Waals surface area contributed by atoms with E-state index in [-0.39, 0.29) is 5.92 Å². The predicted molar refractivity (Wildman–Crippen MR) is 122 cm³/mol. The quantitative estimate of drug-likeness (QED) is 0.466. The zero-order valence-electron chi connectivity index (χ0n) is 18.9. The molecule has 1 aliphatic rings. The highest BCUT2D eigenvalue weighted by atomic mass is 32.2. The number of aryl methyl sites for hydroxylation is 1. The number of hydrogen-bond acceptors (Lipinski definition) is 9. The second kappa shape index (κ2) is 9.40. The first-order valence-corrected chi connectivity index (χ1v) is 12.5. The smallest absolute Gasteiger partial charge is 0.341 e. The zero-order chi connectivity index (χ0) is 23.6. The number of piperidine rings is 1. The molecule has 0 N–H and O–H groups in total. The number of esters is 1. The van der Waals surface area contributed by atoms with Crippen LogP contribution in [0, 0.1) is 5.92 Å². The molecule has 0 aliphatic carbocycles. The molecule has 0 spiro atoms. The predicted octanol–water partition coefficient (Wildman–Crippen LogP) is 1.22. The van der Waals surface area contributed by atoms with Gasteiger partial charge in [-0.2, -0.15) is 4.31 Å². The van der Waals surface area contributed by atoms with Gasteiger partial charge in [0.25, 0.3) is 0 Å². The summed E-state index contributed by atoms with van der Waals surface area (Å²) in [7, 11) is -0.252. The van der Waals surface area contributed by atoms with Crippen molar-refractivity contribution in [3.63, 3.8) is 0 Å². The van der Waals surface area contributed by atoms with Crippen LogP contribution in [0.25, 0.3) is 11.0 Å². The van der Waals surface area contributed by atoms with Crippen LogP contribution in [0.4, 0.5) is 5.95 Å². The van der Waals surface area contributed by atoms with Crippen molar-refractivity contribution in [2.45, 2.75) is 19.4 Å². The number of benzene rings is 1. The van der Waals surface area contributed by atoms with Gasteiger partial charge in [0.15, 0.2) is 0 Å². The van der Waals surface area contributed by atoms with E-state index in [4.69, 9.17) is 0 Å². The molecule has 0 unspecified atom stereocenters. The molecule has 0 atom stereocenters. The Morgan fingerprint density at radius 2 is 1.91 bits per heavy atom.